The minimum atomic E-state index is -0.306. The Bertz CT molecular complexity index is 354. The molecular formula is C14H21NO2. The number of nitrogens with zero attached hydrogens (tertiary/aromatic N) is 1. The lowest BCUT2D eigenvalue weighted by atomic mass is 9.99. The van der Waals surface area contributed by atoms with Crippen molar-refractivity contribution in [3.63, 3.8) is 0 Å². The fourth-order valence-electron chi connectivity index (χ4n) is 2.26. The Kier molecular flexibility index (Phi) is 4.40. The molecule has 1 N–H and O–H groups in total. The molecule has 0 saturated heterocycles. The Morgan fingerprint density at radius 1 is 1.35 bits per heavy atom. The van der Waals surface area contributed by atoms with Gasteiger partial charge in [0.05, 0.1) is 12.7 Å². The molecule has 3 nitrogen and oxygen atoms in total. The lowest BCUT2D eigenvalue weighted by Gasteiger charge is -2.33. The predicted molar refractivity (Wildman–Crippen MR) is 69.3 cm³/mol. The summed E-state index contributed by atoms with van der Waals surface area (Å²) in [5.74, 6) is 0. The number of fused-ring (bicyclic) bond motifs is 1. The Balaban J connectivity index is 1.98. The summed E-state index contributed by atoms with van der Waals surface area (Å²) in [6, 6.07) is 8.10. The average Bonchev–Trinajstić information content (AvgIpc) is 2.37. The molecule has 0 spiro atoms. The zero-order valence-corrected chi connectivity index (χ0v) is 10.4. The van der Waals surface area contributed by atoms with Crippen molar-refractivity contribution in [3.8, 4) is 0 Å². The number of aliphatic hydroxyl groups excluding tert-OH is 1. The molecule has 1 aromatic carbocycles. The Hall–Kier alpha value is -1.06. The van der Waals surface area contributed by atoms with Crippen molar-refractivity contribution in [1.82, 2.24) is 0 Å². The SMILES string of the molecule is CCCOCCN1CCC(O)c2ccccc21. The van der Waals surface area contributed by atoms with Crippen LogP contribution >= 0.6 is 0 Å². The van der Waals surface area contributed by atoms with Gasteiger partial charge in [0.2, 0.25) is 0 Å². The molecule has 0 aromatic heterocycles. The van der Waals surface area contributed by atoms with E-state index < -0.39 is 0 Å². The molecule has 0 amide bonds. The van der Waals surface area contributed by atoms with Gasteiger partial charge in [-0.15, -0.1) is 0 Å². The van der Waals surface area contributed by atoms with Crippen molar-refractivity contribution in [2.45, 2.75) is 25.9 Å². The molecule has 1 aliphatic heterocycles. The minimum absolute atomic E-state index is 0.306. The van der Waals surface area contributed by atoms with E-state index >= 15 is 0 Å². The van der Waals surface area contributed by atoms with E-state index in [1.165, 1.54) is 0 Å². The Labute approximate surface area is 103 Å². The van der Waals surface area contributed by atoms with Crippen molar-refractivity contribution in [2.75, 3.05) is 31.2 Å². The Morgan fingerprint density at radius 3 is 3.00 bits per heavy atom. The second-order valence-corrected chi connectivity index (χ2v) is 4.46. The molecule has 1 atom stereocenters. The molecule has 3 heteroatoms. The average molecular weight is 235 g/mol. The van der Waals surface area contributed by atoms with Crippen LogP contribution in [0.1, 0.15) is 31.4 Å². The fraction of sp³-hybridized carbons (Fsp3) is 0.571. The molecule has 0 aliphatic carbocycles. The number of ether oxygens (including phenoxy) is 1. The zero-order valence-electron chi connectivity index (χ0n) is 10.4. The number of aliphatic hydroxyl groups is 1. The van der Waals surface area contributed by atoms with Crippen LogP contribution in [0.3, 0.4) is 0 Å². The van der Waals surface area contributed by atoms with Crippen molar-refractivity contribution in [1.29, 1.82) is 0 Å². The third-order valence-electron chi connectivity index (χ3n) is 3.16. The second kappa shape index (κ2) is 6.03. The van der Waals surface area contributed by atoms with Crippen molar-refractivity contribution in [3.05, 3.63) is 29.8 Å². The lowest BCUT2D eigenvalue weighted by Crippen LogP contribution is -2.34. The summed E-state index contributed by atoms with van der Waals surface area (Å²) in [4.78, 5) is 2.30. The van der Waals surface area contributed by atoms with Gasteiger partial charge >= 0.3 is 0 Å². The Morgan fingerprint density at radius 2 is 2.18 bits per heavy atom. The monoisotopic (exact) mass is 235 g/mol. The lowest BCUT2D eigenvalue weighted by molar-refractivity contribution is 0.135. The van der Waals surface area contributed by atoms with Crippen molar-refractivity contribution in [2.24, 2.45) is 0 Å². The summed E-state index contributed by atoms with van der Waals surface area (Å²) in [6.45, 7) is 5.53. The maximum atomic E-state index is 9.93. The molecule has 1 unspecified atom stereocenters. The van der Waals surface area contributed by atoms with Gasteiger partial charge in [0.1, 0.15) is 0 Å². The first kappa shape index (κ1) is 12.4. The van der Waals surface area contributed by atoms with Gasteiger partial charge in [-0.3, -0.25) is 0 Å². The van der Waals surface area contributed by atoms with E-state index in [1.807, 2.05) is 18.2 Å². The van der Waals surface area contributed by atoms with Gasteiger partial charge in [-0.1, -0.05) is 25.1 Å². The van der Waals surface area contributed by atoms with E-state index in [2.05, 4.69) is 17.9 Å². The van der Waals surface area contributed by atoms with Gasteiger partial charge in [0.25, 0.3) is 0 Å². The van der Waals surface area contributed by atoms with Gasteiger partial charge in [0, 0.05) is 30.9 Å². The van der Waals surface area contributed by atoms with E-state index in [4.69, 9.17) is 4.74 Å². The number of para-hydroxylation sites is 1. The smallest absolute Gasteiger partial charge is 0.0826 e. The van der Waals surface area contributed by atoms with Gasteiger partial charge in [-0.25, -0.2) is 0 Å². The zero-order chi connectivity index (χ0) is 12.1. The topological polar surface area (TPSA) is 32.7 Å². The molecule has 1 aliphatic rings. The molecule has 0 fully saturated rings. The van der Waals surface area contributed by atoms with Crippen LogP contribution in [0, 0.1) is 0 Å². The highest BCUT2D eigenvalue weighted by Crippen LogP contribution is 2.32. The van der Waals surface area contributed by atoms with E-state index in [1.54, 1.807) is 0 Å². The third kappa shape index (κ3) is 2.99. The third-order valence-corrected chi connectivity index (χ3v) is 3.16. The normalized spacial score (nSPS) is 19.2. The van der Waals surface area contributed by atoms with E-state index in [0.717, 1.165) is 50.4 Å². The van der Waals surface area contributed by atoms with Gasteiger partial charge in [-0.2, -0.15) is 0 Å². The molecule has 1 heterocycles. The number of rotatable bonds is 5. The van der Waals surface area contributed by atoms with Crippen molar-refractivity contribution >= 4 is 5.69 Å². The van der Waals surface area contributed by atoms with Crippen molar-refractivity contribution < 1.29 is 9.84 Å². The molecule has 0 radical (unpaired) electrons. The molecule has 2 rings (SSSR count). The maximum absolute atomic E-state index is 9.93. The first-order valence-corrected chi connectivity index (χ1v) is 6.42. The molecule has 0 bridgehead atoms. The van der Waals surface area contributed by atoms with Gasteiger partial charge in [-0.05, 0) is 18.9 Å². The minimum Gasteiger partial charge on any atom is -0.388 e. The van der Waals surface area contributed by atoms with Crippen LogP contribution in [0.15, 0.2) is 24.3 Å². The summed E-state index contributed by atoms with van der Waals surface area (Å²) in [5, 5.41) is 9.93. The predicted octanol–water partition coefficient (Wildman–Crippen LogP) is 2.36. The van der Waals surface area contributed by atoms with Crippen LogP contribution in [0.5, 0.6) is 0 Å². The largest absolute Gasteiger partial charge is 0.388 e. The van der Waals surface area contributed by atoms with Crippen LogP contribution in [0.4, 0.5) is 5.69 Å². The van der Waals surface area contributed by atoms with E-state index in [0.29, 0.717) is 0 Å². The summed E-state index contributed by atoms with van der Waals surface area (Å²) in [6.07, 6.45) is 1.57. The number of hydrogen-bond donors (Lipinski definition) is 1. The molecule has 17 heavy (non-hydrogen) atoms. The first-order valence-electron chi connectivity index (χ1n) is 6.42. The highest BCUT2D eigenvalue weighted by Gasteiger charge is 2.22. The molecule has 1 aromatic rings. The fourth-order valence-corrected chi connectivity index (χ4v) is 2.26. The summed E-state index contributed by atoms with van der Waals surface area (Å²) < 4.78 is 5.52. The molecule has 94 valence electrons. The van der Waals surface area contributed by atoms with E-state index in [9.17, 15) is 5.11 Å². The quantitative estimate of drug-likeness (QED) is 0.795. The van der Waals surface area contributed by atoms with Crippen LogP contribution in [-0.2, 0) is 4.74 Å². The number of benzene rings is 1. The van der Waals surface area contributed by atoms with Crippen LogP contribution in [0.2, 0.25) is 0 Å². The summed E-state index contributed by atoms with van der Waals surface area (Å²) in [7, 11) is 0. The molecule has 0 saturated carbocycles. The second-order valence-electron chi connectivity index (χ2n) is 4.46. The van der Waals surface area contributed by atoms with Gasteiger partial charge in [0.15, 0.2) is 0 Å². The highest BCUT2D eigenvalue weighted by molar-refractivity contribution is 5.56. The summed E-state index contributed by atoms with van der Waals surface area (Å²) >= 11 is 0. The van der Waals surface area contributed by atoms with E-state index in [-0.39, 0.29) is 6.10 Å². The van der Waals surface area contributed by atoms with Gasteiger partial charge < -0.3 is 14.7 Å². The summed E-state index contributed by atoms with van der Waals surface area (Å²) in [5.41, 5.74) is 2.21. The van der Waals surface area contributed by atoms with Crippen LogP contribution in [0.25, 0.3) is 0 Å². The van der Waals surface area contributed by atoms with Crippen LogP contribution < -0.4 is 4.90 Å². The molecular weight excluding hydrogens is 214 g/mol. The number of hydrogen-bond acceptors (Lipinski definition) is 3. The first-order chi connectivity index (χ1) is 8.33. The highest BCUT2D eigenvalue weighted by atomic mass is 16.5. The van der Waals surface area contributed by atoms with Crippen LogP contribution in [-0.4, -0.2) is 31.4 Å². The number of anilines is 1. The maximum Gasteiger partial charge on any atom is 0.0826 e. The standard InChI is InChI=1S/C14H21NO2/c1-2-10-17-11-9-15-8-7-14(16)12-5-3-4-6-13(12)15/h3-6,14,16H,2,7-11H2,1H3.